The Morgan fingerprint density at radius 1 is 1.14 bits per heavy atom. The smallest absolute Gasteiger partial charge is 0.125 e. The van der Waals surface area contributed by atoms with Gasteiger partial charge in [-0.15, -0.1) is 6.58 Å². The van der Waals surface area contributed by atoms with Crippen LogP contribution in [-0.4, -0.2) is 0 Å². The summed E-state index contributed by atoms with van der Waals surface area (Å²) in [5, 5.41) is 0. The highest BCUT2D eigenvalue weighted by Crippen LogP contribution is 2.28. The van der Waals surface area contributed by atoms with Crippen LogP contribution in [0.25, 0.3) is 0 Å². The average molecular weight is 281 g/mol. The standard InChI is InChI=1S/C19H23NO/c1-4-8-18(20)17-11-14(2)19(15(3)12-17)21-13-16-9-6-5-7-10-16/h4-7,9-12,18H,1,8,13,20H2,2-3H3/t18-/m0/s1. The molecule has 2 rings (SSSR count). The van der Waals surface area contributed by atoms with Crippen LogP contribution in [0.5, 0.6) is 5.75 Å². The Morgan fingerprint density at radius 3 is 2.33 bits per heavy atom. The molecule has 2 N–H and O–H groups in total. The van der Waals surface area contributed by atoms with Crippen molar-refractivity contribution in [2.45, 2.75) is 32.9 Å². The van der Waals surface area contributed by atoms with Crippen LogP contribution in [0, 0.1) is 13.8 Å². The maximum atomic E-state index is 6.15. The van der Waals surface area contributed by atoms with Crippen molar-refractivity contribution in [1.82, 2.24) is 0 Å². The fourth-order valence-corrected chi connectivity index (χ4v) is 2.47. The maximum absolute atomic E-state index is 6.15. The molecule has 0 fully saturated rings. The summed E-state index contributed by atoms with van der Waals surface area (Å²) >= 11 is 0. The Bertz CT molecular complexity index is 581. The van der Waals surface area contributed by atoms with Crippen LogP contribution in [0.3, 0.4) is 0 Å². The molecule has 0 radical (unpaired) electrons. The molecule has 0 saturated carbocycles. The Morgan fingerprint density at radius 2 is 1.76 bits per heavy atom. The van der Waals surface area contributed by atoms with Gasteiger partial charge in [0.05, 0.1) is 0 Å². The van der Waals surface area contributed by atoms with E-state index in [-0.39, 0.29) is 6.04 Å². The van der Waals surface area contributed by atoms with Crippen molar-refractivity contribution >= 4 is 0 Å². The lowest BCUT2D eigenvalue weighted by Gasteiger charge is -2.17. The van der Waals surface area contributed by atoms with Crippen LogP contribution in [-0.2, 0) is 6.61 Å². The summed E-state index contributed by atoms with van der Waals surface area (Å²) < 4.78 is 5.99. The molecule has 0 saturated heterocycles. The van der Waals surface area contributed by atoms with Crippen molar-refractivity contribution < 1.29 is 4.74 Å². The minimum atomic E-state index is 0.00285. The quantitative estimate of drug-likeness (QED) is 0.793. The molecule has 0 amide bonds. The van der Waals surface area contributed by atoms with Gasteiger partial charge in [0.2, 0.25) is 0 Å². The maximum Gasteiger partial charge on any atom is 0.125 e. The van der Waals surface area contributed by atoms with Gasteiger partial charge in [-0.1, -0.05) is 48.5 Å². The van der Waals surface area contributed by atoms with Gasteiger partial charge < -0.3 is 10.5 Å². The van der Waals surface area contributed by atoms with E-state index >= 15 is 0 Å². The van der Waals surface area contributed by atoms with Crippen LogP contribution < -0.4 is 10.5 Å². The number of hydrogen-bond acceptors (Lipinski definition) is 2. The zero-order chi connectivity index (χ0) is 15.2. The minimum Gasteiger partial charge on any atom is -0.488 e. The van der Waals surface area contributed by atoms with Gasteiger partial charge in [0.15, 0.2) is 0 Å². The van der Waals surface area contributed by atoms with Crippen LogP contribution >= 0.6 is 0 Å². The van der Waals surface area contributed by atoms with Crippen molar-refractivity contribution in [2.75, 3.05) is 0 Å². The molecule has 2 aromatic carbocycles. The number of benzene rings is 2. The molecule has 0 bridgehead atoms. The number of aryl methyl sites for hydroxylation is 2. The molecule has 2 nitrogen and oxygen atoms in total. The van der Waals surface area contributed by atoms with E-state index in [1.807, 2.05) is 24.3 Å². The van der Waals surface area contributed by atoms with Crippen LogP contribution in [0.2, 0.25) is 0 Å². The first kappa shape index (κ1) is 15.3. The van der Waals surface area contributed by atoms with Gasteiger partial charge >= 0.3 is 0 Å². The van der Waals surface area contributed by atoms with E-state index in [0.717, 1.165) is 28.9 Å². The second kappa shape index (κ2) is 7.09. The molecule has 110 valence electrons. The summed E-state index contributed by atoms with van der Waals surface area (Å²) in [4.78, 5) is 0. The van der Waals surface area contributed by atoms with Gasteiger partial charge in [0.1, 0.15) is 12.4 Å². The van der Waals surface area contributed by atoms with Crippen molar-refractivity contribution in [3.05, 3.63) is 77.4 Å². The van der Waals surface area contributed by atoms with Gasteiger partial charge in [0, 0.05) is 6.04 Å². The number of hydrogen-bond donors (Lipinski definition) is 1. The van der Waals surface area contributed by atoms with Gasteiger partial charge in [-0.2, -0.15) is 0 Å². The molecule has 0 heterocycles. The van der Waals surface area contributed by atoms with E-state index in [0.29, 0.717) is 6.61 Å². The average Bonchev–Trinajstić information content (AvgIpc) is 2.47. The first-order valence-electron chi connectivity index (χ1n) is 7.26. The lowest BCUT2D eigenvalue weighted by molar-refractivity contribution is 0.302. The van der Waals surface area contributed by atoms with Crippen molar-refractivity contribution in [2.24, 2.45) is 5.73 Å². The Hall–Kier alpha value is -2.06. The van der Waals surface area contributed by atoms with Crippen LogP contribution in [0.15, 0.2) is 55.1 Å². The fraction of sp³-hybridized carbons (Fsp3) is 0.263. The van der Waals surface area contributed by atoms with Gasteiger partial charge in [-0.05, 0) is 42.5 Å². The Labute approximate surface area is 127 Å². The third-order valence-corrected chi connectivity index (χ3v) is 3.56. The third-order valence-electron chi connectivity index (χ3n) is 3.56. The fourth-order valence-electron chi connectivity index (χ4n) is 2.47. The molecule has 0 spiro atoms. The molecule has 1 atom stereocenters. The highest BCUT2D eigenvalue weighted by Gasteiger charge is 2.11. The van der Waals surface area contributed by atoms with E-state index < -0.39 is 0 Å². The second-order valence-corrected chi connectivity index (χ2v) is 5.39. The summed E-state index contributed by atoms with van der Waals surface area (Å²) in [5.74, 6) is 0.952. The van der Waals surface area contributed by atoms with E-state index in [9.17, 15) is 0 Å². The number of nitrogens with two attached hydrogens (primary N) is 1. The van der Waals surface area contributed by atoms with E-state index in [1.54, 1.807) is 0 Å². The molecule has 2 aromatic rings. The molecule has 2 heteroatoms. The molecule has 0 unspecified atom stereocenters. The zero-order valence-corrected chi connectivity index (χ0v) is 12.8. The molecular weight excluding hydrogens is 258 g/mol. The normalized spacial score (nSPS) is 12.0. The first-order valence-corrected chi connectivity index (χ1v) is 7.26. The summed E-state index contributed by atoms with van der Waals surface area (Å²) in [6.45, 7) is 8.46. The van der Waals surface area contributed by atoms with Gasteiger partial charge in [-0.3, -0.25) is 0 Å². The predicted molar refractivity (Wildman–Crippen MR) is 88.4 cm³/mol. The zero-order valence-electron chi connectivity index (χ0n) is 12.8. The highest BCUT2D eigenvalue weighted by molar-refractivity contribution is 5.44. The molecular formula is C19H23NO. The monoisotopic (exact) mass is 281 g/mol. The molecule has 0 aromatic heterocycles. The Kier molecular flexibility index (Phi) is 5.18. The van der Waals surface area contributed by atoms with Crippen LogP contribution in [0.4, 0.5) is 0 Å². The summed E-state index contributed by atoms with van der Waals surface area (Å²) in [7, 11) is 0. The molecule has 0 aliphatic rings. The molecule has 21 heavy (non-hydrogen) atoms. The molecule has 0 aliphatic heterocycles. The van der Waals surface area contributed by atoms with Crippen molar-refractivity contribution in [3.8, 4) is 5.75 Å². The van der Waals surface area contributed by atoms with Crippen LogP contribution in [0.1, 0.15) is 34.7 Å². The van der Waals surface area contributed by atoms with Crippen molar-refractivity contribution in [1.29, 1.82) is 0 Å². The topological polar surface area (TPSA) is 35.2 Å². The number of ether oxygens (including phenoxy) is 1. The van der Waals surface area contributed by atoms with E-state index in [1.165, 1.54) is 5.56 Å². The highest BCUT2D eigenvalue weighted by atomic mass is 16.5. The Balaban J connectivity index is 2.15. The lowest BCUT2D eigenvalue weighted by atomic mass is 9.99. The summed E-state index contributed by atoms with van der Waals surface area (Å²) in [6, 6.07) is 14.4. The van der Waals surface area contributed by atoms with E-state index in [4.69, 9.17) is 10.5 Å². The third kappa shape index (κ3) is 3.96. The lowest BCUT2D eigenvalue weighted by Crippen LogP contribution is -2.10. The van der Waals surface area contributed by atoms with Gasteiger partial charge in [0.25, 0.3) is 0 Å². The van der Waals surface area contributed by atoms with Crippen molar-refractivity contribution in [3.63, 3.8) is 0 Å². The second-order valence-electron chi connectivity index (χ2n) is 5.39. The summed E-state index contributed by atoms with van der Waals surface area (Å²) in [6.07, 6.45) is 2.64. The molecule has 0 aliphatic carbocycles. The van der Waals surface area contributed by atoms with Gasteiger partial charge in [-0.25, -0.2) is 0 Å². The SMILES string of the molecule is C=CC[C@H](N)c1cc(C)c(OCc2ccccc2)c(C)c1. The minimum absolute atomic E-state index is 0.00285. The predicted octanol–water partition coefficient (Wildman–Crippen LogP) is 4.46. The first-order chi connectivity index (χ1) is 10.1. The summed E-state index contributed by atoms with van der Waals surface area (Å²) in [5.41, 5.74) is 10.7. The largest absolute Gasteiger partial charge is 0.488 e. The van der Waals surface area contributed by atoms with E-state index in [2.05, 4.69) is 44.7 Å². The number of rotatable bonds is 6.